The molecule has 0 radical (unpaired) electrons. The Bertz CT molecular complexity index is 997. The lowest BCUT2D eigenvalue weighted by Crippen LogP contribution is -2.02. The molecule has 26 heavy (non-hydrogen) atoms. The molecule has 4 heteroatoms. The fourth-order valence-corrected chi connectivity index (χ4v) is 4.64. The molecule has 2 aromatic carbocycles. The van der Waals surface area contributed by atoms with Crippen molar-refractivity contribution in [1.82, 2.24) is 0 Å². The fraction of sp³-hybridized carbons (Fsp3) is 0.364. The predicted molar refractivity (Wildman–Crippen MR) is 103 cm³/mol. The normalized spacial score (nSPS) is 18.6. The first-order chi connectivity index (χ1) is 12.3. The second-order valence-corrected chi connectivity index (χ2v) is 9.78. The van der Waals surface area contributed by atoms with Crippen molar-refractivity contribution < 1.29 is 12.8 Å². The van der Waals surface area contributed by atoms with Gasteiger partial charge in [-0.3, -0.25) is 0 Å². The second kappa shape index (κ2) is 6.05. The zero-order chi connectivity index (χ0) is 18.5. The molecule has 2 aliphatic rings. The first-order valence-corrected chi connectivity index (χ1v) is 10.7. The maximum Gasteiger partial charge on any atom is 0.207 e. The molecule has 4 rings (SSSR count). The lowest BCUT2D eigenvalue weighted by Gasteiger charge is -2.11. The summed E-state index contributed by atoms with van der Waals surface area (Å²) in [6, 6.07) is 12.0. The molecule has 0 heterocycles. The van der Waals surface area contributed by atoms with Crippen molar-refractivity contribution in [3.8, 4) is 0 Å². The number of alkyl halides is 1. The maximum absolute atomic E-state index is 12.7. The largest absolute Gasteiger partial charge is 0.233 e. The standard InChI is InChI=1S/C22H23FO2S/c1-15-3-4-18(11-16(15)2)21-13-22(9-10-22)12-20(21)17-5-7-19(8-6-17)26(24,25)14-23/h3-8,11H,9-10,12-14H2,1-2H3. The number of allylic oxidation sites excluding steroid dienone is 2. The van der Waals surface area contributed by atoms with E-state index in [1.807, 2.05) is 12.1 Å². The molecule has 0 bridgehead atoms. The third-order valence-electron chi connectivity index (χ3n) is 5.99. The highest BCUT2D eigenvalue weighted by molar-refractivity contribution is 7.91. The van der Waals surface area contributed by atoms with Crippen LogP contribution in [0.15, 0.2) is 47.4 Å². The SMILES string of the molecule is Cc1ccc(C2=C(c3ccc(S(=O)(=O)CF)cc3)CC3(CC3)C2)cc1C. The number of hydrogen-bond acceptors (Lipinski definition) is 2. The van der Waals surface area contributed by atoms with Gasteiger partial charge in [-0.15, -0.1) is 0 Å². The molecule has 2 aromatic rings. The predicted octanol–water partition coefficient (Wildman–Crippen LogP) is 5.49. The average Bonchev–Trinajstić information content (AvgIpc) is 3.28. The number of sulfone groups is 1. The summed E-state index contributed by atoms with van der Waals surface area (Å²) in [4.78, 5) is 0.0520. The summed E-state index contributed by atoms with van der Waals surface area (Å²) in [7, 11) is -3.81. The third-order valence-corrected chi connectivity index (χ3v) is 7.26. The van der Waals surface area contributed by atoms with E-state index in [-0.39, 0.29) is 4.90 Å². The van der Waals surface area contributed by atoms with Crippen LogP contribution in [0.25, 0.3) is 11.1 Å². The van der Waals surface area contributed by atoms with E-state index in [4.69, 9.17) is 0 Å². The van der Waals surface area contributed by atoms with Gasteiger partial charge in [-0.1, -0.05) is 30.3 Å². The van der Waals surface area contributed by atoms with Crippen molar-refractivity contribution in [3.05, 3.63) is 64.7 Å². The molecule has 0 amide bonds. The Kier molecular flexibility index (Phi) is 4.07. The van der Waals surface area contributed by atoms with Crippen molar-refractivity contribution in [3.63, 3.8) is 0 Å². The van der Waals surface area contributed by atoms with E-state index in [1.165, 1.54) is 52.8 Å². The highest BCUT2D eigenvalue weighted by atomic mass is 32.2. The molecule has 0 aromatic heterocycles. The van der Waals surface area contributed by atoms with Crippen LogP contribution in [0.1, 0.15) is 47.9 Å². The summed E-state index contributed by atoms with van der Waals surface area (Å²) in [6.45, 7) is 4.26. The van der Waals surface area contributed by atoms with E-state index in [0.29, 0.717) is 5.41 Å². The topological polar surface area (TPSA) is 34.1 Å². The van der Waals surface area contributed by atoms with Crippen LogP contribution in [0.5, 0.6) is 0 Å². The van der Waals surface area contributed by atoms with Gasteiger partial charge in [0.15, 0.2) is 6.01 Å². The monoisotopic (exact) mass is 370 g/mol. The minimum absolute atomic E-state index is 0.0520. The van der Waals surface area contributed by atoms with Crippen molar-refractivity contribution >= 4 is 21.0 Å². The average molecular weight is 370 g/mol. The van der Waals surface area contributed by atoms with Crippen molar-refractivity contribution in [2.75, 3.05) is 6.01 Å². The molecular weight excluding hydrogens is 347 g/mol. The Morgan fingerprint density at radius 3 is 2.00 bits per heavy atom. The minimum Gasteiger partial charge on any atom is -0.233 e. The van der Waals surface area contributed by atoms with Gasteiger partial charge >= 0.3 is 0 Å². The van der Waals surface area contributed by atoms with Gasteiger partial charge in [0.05, 0.1) is 4.90 Å². The molecular formula is C22H23FO2S. The van der Waals surface area contributed by atoms with Crippen molar-refractivity contribution in [2.24, 2.45) is 5.41 Å². The van der Waals surface area contributed by atoms with Gasteiger partial charge in [0.1, 0.15) is 0 Å². The van der Waals surface area contributed by atoms with Gasteiger partial charge in [-0.25, -0.2) is 12.8 Å². The Morgan fingerprint density at radius 2 is 1.46 bits per heavy atom. The Labute approximate surface area is 154 Å². The first kappa shape index (κ1) is 17.5. The lowest BCUT2D eigenvalue weighted by atomic mass is 9.95. The van der Waals surface area contributed by atoms with Crippen LogP contribution in [-0.2, 0) is 9.84 Å². The zero-order valence-electron chi connectivity index (χ0n) is 15.2. The van der Waals surface area contributed by atoms with E-state index in [2.05, 4.69) is 32.0 Å². The van der Waals surface area contributed by atoms with E-state index in [1.54, 1.807) is 0 Å². The molecule has 2 aliphatic carbocycles. The number of benzene rings is 2. The van der Waals surface area contributed by atoms with Crippen LogP contribution in [0.4, 0.5) is 4.39 Å². The van der Waals surface area contributed by atoms with Gasteiger partial charge in [0.25, 0.3) is 0 Å². The van der Waals surface area contributed by atoms with Gasteiger partial charge in [0, 0.05) is 0 Å². The number of hydrogen-bond donors (Lipinski definition) is 0. The van der Waals surface area contributed by atoms with Gasteiger partial charge in [-0.2, -0.15) is 0 Å². The minimum atomic E-state index is -3.81. The number of halogens is 1. The molecule has 0 atom stereocenters. The highest BCUT2D eigenvalue weighted by Gasteiger charge is 2.48. The molecule has 1 fully saturated rings. The molecule has 0 unspecified atom stereocenters. The molecule has 0 aliphatic heterocycles. The molecule has 136 valence electrons. The van der Waals surface area contributed by atoms with Crippen molar-refractivity contribution in [2.45, 2.75) is 44.4 Å². The molecule has 0 saturated heterocycles. The molecule has 0 N–H and O–H groups in total. The summed E-state index contributed by atoms with van der Waals surface area (Å²) in [5.41, 5.74) is 8.01. The smallest absolute Gasteiger partial charge is 0.207 e. The Morgan fingerprint density at radius 1 is 0.885 bits per heavy atom. The summed E-state index contributed by atoms with van der Waals surface area (Å²) < 4.78 is 36.2. The Hall–Kier alpha value is -1.94. The lowest BCUT2D eigenvalue weighted by molar-refractivity contribution is 0.534. The maximum atomic E-state index is 12.7. The third kappa shape index (κ3) is 3.01. The molecule has 1 saturated carbocycles. The summed E-state index contributed by atoms with van der Waals surface area (Å²) >= 11 is 0. The van der Waals surface area contributed by atoms with Crippen molar-refractivity contribution in [1.29, 1.82) is 0 Å². The van der Waals surface area contributed by atoms with Crippen LogP contribution in [0.2, 0.25) is 0 Å². The number of rotatable bonds is 4. The van der Waals surface area contributed by atoms with E-state index < -0.39 is 15.8 Å². The zero-order valence-corrected chi connectivity index (χ0v) is 16.0. The quantitative estimate of drug-likeness (QED) is 0.713. The summed E-state index contributed by atoms with van der Waals surface area (Å²) in [5.74, 6) is 0. The summed E-state index contributed by atoms with van der Waals surface area (Å²) in [6.07, 6.45) is 4.66. The van der Waals surface area contributed by atoms with E-state index >= 15 is 0 Å². The first-order valence-electron chi connectivity index (χ1n) is 9.02. The van der Waals surface area contributed by atoms with Crippen LogP contribution >= 0.6 is 0 Å². The van der Waals surface area contributed by atoms with Gasteiger partial charge in [0.2, 0.25) is 9.84 Å². The molecule has 1 spiro atoms. The highest BCUT2D eigenvalue weighted by Crippen LogP contribution is 2.63. The Balaban J connectivity index is 1.77. The van der Waals surface area contributed by atoms with Crippen LogP contribution in [0, 0.1) is 19.3 Å². The van der Waals surface area contributed by atoms with E-state index in [9.17, 15) is 12.8 Å². The fourth-order valence-electron chi connectivity index (χ4n) is 3.96. The molecule has 2 nitrogen and oxygen atoms in total. The summed E-state index contributed by atoms with van der Waals surface area (Å²) in [5, 5.41) is 0. The second-order valence-electron chi connectivity index (χ2n) is 7.86. The van der Waals surface area contributed by atoms with Crippen LogP contribution in [-0.4, -0.2) is 14.4 Å². The van der Waals surface area contributed by atoms with E-state index in [0.717, 1.165) is 18.4 Å². The van der Waals surface area contributed by atoms with Gasteiger partial charge in [-0.05, 0) is 90.5 Å². The van der Waals surface area contributed by atoms with Gasteiger partial charge < -0.3 is 0 Å². The van der Waals surface area contributed by atoms with Crippen LogP contribution < -0.4 is 0 Å². The van der Waals surface area contributed by atoms with Crippen LogP contribution in [0.3, 0.4) is 0 Å². The number of aryl methyl sites for hydroxylation is 2.